The first-order valence-corrected chi connectivity index (χ1v) is 7.82. The predicted octanol–water partition coefficient (Wildman–Crippen LogP) is 1.43. The summed E-state index contributed by atoms with van der Waals surface area (Å²) in [7, 11) is 0. The van der Waals surface area contributed by atoms with Gasteiger partial charge in [-0.3, -0.25) is 0 Å². The third kappa shape index (κ3) is 5.92. The number of nitrogens with one attached hydrogen (secondary N) is 2. The minimum absolute atomic E-state index is 0.0653. The normalized spacial score (nSPS) is 9.77. The van der Waals surface area contributed by atoms with Crippen molar-refractivity contribution in [2.24, 2.45) is 0 Å². The first-order valence-electron chi connectivity index (χ1n) is 7.82. The molecule has 1 aromatic heterocycles. The number of carbonyl (C=O) groups is 2. The van der Waals surface area contributed by atoms with Gasteiger partial charge in [0.05, 0.1) is 13.2 Å². The Balaban J connectivity index is 3.30. The molecule has 0 saturated heterocycles. The average molecular weight is 366 g/mol. The zero-order chi connectivity index (χ0) is 19.5. The smallest absolute Gasteiger partial charge is 0.451 e. The van der Waals surface area contributed by atoms with Gasteiger partial charge in [0.1, 0.15) is 0 Å². The number of nitrogens with zero attached hydrogens (tertiary/aromatic N) is 4. The number of ether oxygens (including phenoxy) is 2. The second-order valence-corrected chi connectivity index (χ2v) is 4.64. The van der Waals surface area contributed by atoms with Crippen molar-refractivity contribution in [1.29, 1.82) is 0 Å². The molecule has 1 rings (SSSR count). The summed E-state index contributed by atoms with van der Waals surface area (Å²) in [6.45, 7) is 11.4. The van der Waals surface area contributed by atoms with Gasteiger partial charge < -0.3 is 19.6 Å². The molecule has 11 nitrogen and oxygen atoms in total. The van der Waals surface area contributed by atoms with Gasteiger partial charge in [0, 0.05) is 13.1 Å². The molecule has 26 heavy (non-hydrogen) atoms. The Labute approximate surface area is 150 Å². The number of rotatable bonds is 9. The molecule has 0 spiro atoms. The number of aromatic nitrogens is 3. The van der Waals surface area contributed by atoms with Crippen LogP contribution < -0.4 is 20.3 Å². The summed E-state index contributed by atoms with van der Waals surface area (Å²) in [5, 5.41) is 16.7. The summed E-state index contributed by atoms with van der Waals surface area (Å²) in [5.74, 6) is -0.771. The summed E-state index contributed by atoms with van der Waals surface area (Å²) in [6, 6.07) is 0. The number of amides is 2. The highest BCUT2D eigenvalue weighted by Crippen LogP contribution is 2.13. The van der Waals surface area contributed by atoms with Gasteiger partial charge in [0.2, 0.25) is 0 Å². The zero-order valence-electron chi connectivity index (χ0n) is 14.7. The molecule has 0 atom stereocenters. The highest BCUT2D eigenvalue weighted by atomic mass is 16.6. The number of hydrogen-bond acceptors (Lipinski definition) is 8. The molecular weight excluding hydrogens is 344 g/mol. The third-order valence-corrected chi connectivity index (χ3v) is 2.76. The quantitative estimate of drug-likeness (QED) is 0.381. The molecule has 0 unspecified atom stereocenters. The van der Waals surface area contributed by atoms with Crippen LogP contribution in [0.2, 0.25) is 0 Å². The molecule has 1 heterocycles. The Morgan fingerprint density at radius 2 is 1.50 bits per heavy atom. The Morgan fingerprint density at radius 3 is 1.85 bits per heavy atom. The molecule has 11 heteroatoms. The summed E-state index contributed by atoms with van der Waals surface area (Å²) >= 11 is 0. The third-order valence-electron chi connectivity index (χ3n) is 2.76. The Hall–Kier alpha value is -3.37. The summed E-state index contributed by atoms with van der Waals surface area (Å²) in [5.41, 5.74) is 0. The molecule has 142 valence electrons. The fourth-order valence-electron chi connectivity index (χ4n) is 1.77. The highest BCUT2D eigenvalue weighted by Gasteiger charge is 2.23. The number of anilines is 3. The summed E-state index contributed by atoms with van der Waals surface area (Å²) in [4.78, 5) is 32.9. The Bertz CT molecular complexity index is 615. The highest BCUT2D eigenvalue weighted by molar-refractivity contribution is 5.83. The van der Waals surface area contributed by atoms with Crippen molar-refractivity contribution < 1.29 is 23.8 Å². The Morgan fingerprint density at radius 1 is 1.08 bits per heavy atom. The standard InChI is InChI=1S/C15H22N6O5/c1-5-9-20(10-6-2)11-16-12(18-14(22)25-7-3)21(24)13(17-11)19-15(23)26-8-4/h5-6H,1-2,7-10H2,3-4H3,(H2,16,17,18,19,22,23). The van der Waals surface area contributed by atoms with Crippen molar-refractivity contribution in [2.75, 3.05) is 41.8 Å². The fraction of sp³-hybridized carbons (Fsp3) is 0.400. The lowest BCUT2D eigenvalue weighted by Crippen LogP contribution is -2.41. The van der Waals surface area contributed by atoms with Crippen LogP contribution >= 0.6 is 0 Å². The summed E-state index contributed by atoms with van der Waals surface area (Å²) < 4.78 is 9.62. The minimum Gasteiger partial charge on any atom is -0.762 e. The first kappa shape index (κ1) is 20.7. The first-order chi connectivity index (χ1) is 12.5. The molecule has 0 radical (unpaired) electrons. The second kappa shape index (κ2) is 10.5. The van der Waals surface area contributed by atoms with Crippen molar-refractivity contribution in [3.05, 3.63) is 30.5 Å². The van der Waals surface area contributed by atoms with Crippen molar-refractivity contribution in [3.63, 3.8) is 0 Å². The van der Waals surface area contributed by atoms with E-state index in [9.17, 15) is 14.8 Å². The van der Waals surface area contributed by atoms with Gasteiger partial charge >= 0.3 is 30.0 Å². The van der Waals surface area contributed by atoms with E-state index < -0.39 is 24.1 Å². The summed E-state index contributed by atoms with van der Waals surface area (Å²) in [6.07, 6.45) is 1.45. The molecule has 0 aromatic carbocycles. The Kier molecular flexibility index (Phi) is 8.34. The lowest BCUT2D eigenvalue weighted by molar-refractivity contribution is -0.580. The topological polar surface area (TPSA) is 133 Å². The monoisotopic (exact) mass is 366 g/mol. The van der Waals surface area contributed by atoms with E-state index in [4.69, 9.17) is 9.47 Å². The molecule has 0 aliphatic rings. The van der Waals surface area contributed by atoms with Gasteiger partial charge in [-0.05, 0) is 13.8 Å². The van der Waals surface area contributed by atoms with Crippen LogP contribution in [-0.4, -0.2) is 48.5 Å². The van der Waals surface area contributed by atoms with Crippen LogP contribution in [-0.2, 0) is 9.47 Å². The van der Waals surface area contributed by atoms with Gasteiger partial charge in [-0.1, -0.05) is 22.1 Å². The van der Waals surface area contributed by atoms with Crippen molar-refractivity contribution in [2.45, 2.75) is 13.8 Å². The van der Waals surface area contributed by atoms with Gasteiger partial charge in [-0.15, -0.1) is 13.2 Å². The number of carbonyl (C=O) groups excluding carboxylic acids is 2. The molecule has 0 bridgehead atoms. The van der Waals surface area contributed by atoms with E-state index in [2.05, 4.69) is 33.8 Å². The number of hydrogen-bond donors (Lipinski definition) is 2. The second-order valence-electron chi connectivity index (χ2n) is 4.64. The molecule has 0 saturated carbocycles. The van der Waals surface area contributed by atoms with Crippen LogP contribution in [0.25, 0.3) is 0 Å². The van der Waals surface area contributed by atoms with Crippen LogP contribution in [0.15, 0.2) is 25.3 Å². The van der Waals surface area contributed by atoms with E-state index in [-0.39, 0.29) is 23.9 Å². The van der Waals surface area contributed by atoms with Crippen molar-refractivity contribution in [3.8, 4) is 0 Å². The van der Waals surface area contributed by atoms with Crippen LogP contribution in [0, 0.1) is 5.21 Å². The van der Waals surface area contributed by atoms with E-state index >= 15 is 0 Å². The predicted molar refractivity (Wildman–Crippen MR) is 94.9 cm³/mol. The molecule has 2 amide bonds. The molecule has 0 aliphatic carbocycles. The fourth-order valence-corrected chi connectivity index (χ4v) is 1.77. The lowest BCUT2D eigenvalue weighted by Gasteiger charge is -2.19. The SMILES string of the molecule is C=CCN(CC=C)c1nc(NC(=O)OCC)[n+]([O-])c(NC(=O)OCC)n1. The van der Waals surface area contributed by atoms with E-state index in [1.54, 1.807) is 30.9 Å². The van der Waals surface area contributed by atoms with Crippen LogP contribution in [0.4, 0.5) is 27.4 Å². The zero-order valence-corrected chi connectivity index (χ0v) is 14.7. The maximum Gasteiger partial charge on any atom is 0.451 e. The molecule has 1 aromatic rings. The van der Waals surface area contributed by atoms with E-state index in [1.165, 1.54) is 0 Å². The van der Waals surface area contributed by atoms with E-state index in [0.29, 0.717) is 13.1 Å². The lowest BCUT2D eigenvalue weighted by atomic mass is 10.4. The average Bonchev–Trinajstić information content (AvgIpc) is 2.58. The van der Waals surface area contributed by atoms with Gasteiger partial charge in [-0.25, -0.2) is 25.0 Å². The maximum absolute atomic E-state index is 12.3. The van der Waals surface area contributed by atoms with E-state index in [0.717, 1.165) is 0 Å². The van der Waals surface area contributed by atoms with Crippen LogP contribution in [0.5, 0.6) is 0 Å². The molecule has 0 fully saturated rings. The van der Waals surface area contributed by atoms with Gasteiger partial charge in [-0.2, -0.15) is 0 Å². The van der Waals surface area contributed by atoms with Crippen molar-refractivity contribution in [1.82, 2.24) is 9.97 Å². The molecule has 0 aliphatic heterocycles. The molecular formula is C15H22N6O5. The largest absolute Gasteiger partial charge is 0.762 e. The van der Waals surface area contributed by atoms with Gasteiger partial charge in [0.15, 0.2) is 0 Å². The minimum atomic E-state index is -0.872. The van der Waals surface area contributed by atoms with Crippen LogP contribution in [0.1, 0.15) is 13.8 Å². The maximum atomic E-state index is 12.3. The van der Waals surface area contributed by atoms with Crippen LogP contribution in [0.3, 0.4) is 0 Å². The van der Waals surface area contributed by atoms with Gasteiger partial charge in [0.25, 0.3) is 0 Å². The molecule has 2 N–H and O–H groups in total. The van der Waals surface area contributed by atoms with Crippen molar-refractivity contribution >= 4 is 30.0 Å². The van der Waals surface area contributed by atoms with E-state index in [1.807, 2.05) is 0 Å².